The minimum atomic E-state index is -0.354. The molecule has 1 aromatic carbocycles. The lowest BCUT2D eigenvalue weighted by molar-refractivity contribution is 0.216. The van der Waals surface area contributed by atoms with Gasteiger partial charge in [-0.1, -0.05) is 0 Å². The molecule has 0 fully saturated rings. The number of aliphatic hydroxyl groups excluding tert-OH is 1. The van der Waals surface area contributed by atoms with Crippen LogP contribution in [0.3, 0.4) is 0 Å². The Morgan fingerprint density at radius 1 is 1.44 bits per heavy atom. The number of nitrogens with zero attached hydrogens (tertiary/aromatic N) is 2. The molecule has 18 heavy (non-hydrogen) atoms. The van der Waals surface area contributed by atoms with Crippen LogP contribution < -0.4 is 10.6 Å². The van der Waals surface area contributed by atoms with E-state index in [2.05, 4.69) is 4.98 Å². The first-order chi connectivity index (χ1) is 8.35. The van der Waals surface area contributed by atoms with Gasteiger partial charge in [0.2, 0.25) is 0 Å². The zero-order chi connectivity index (χ0) is 13.5. The Bertz CT molecular complexity index is 577. The van der Waals surface area contributed by atoms with E-state index in [0.717, 1.165) is 26.6 Å². The molecule has 5 heteroatoms. The number of aromatic nitrogens is 1. The molecule has 1 aromatic heterocycles. The topological polar surface area (TPSA) is 62.4 Å². The van der Waals surface area contributed by atoms with Gasteiger partial charge in [0.05, 0.1) is 38.7 Å². The standard InChI is InChI=1S/C13H19N3OS/c1-8-15-10-6-11(9(14)5-12(10)18-8)16(4)13(2,3)7-17/h5-6,17H,7,14H2,1-4H3. The van der Waals surface area contributed by atoms with Gasteiger partial charge in [0.15, 0.2) is 0 Å². The molecule has 0 saturated heterocycles. The molecule has 0 aliphatic carbocycles. The van der Waals surface area contributed by atoms with Crippen molar-refractivity contribution in [3.05, 3.63) is 17.1 Å². The van der Waals surface area contributed by atoms with Crippen molar-refractivity contribution in [3.63, 3.8) is 0 Å². The normalized spacial score (nSPS) is 12.1. The molecule has 0 saturated carbocycles. The number of anilines is 2. The maximum atomic E-state index is 9.44. The van der Waals surface area contributed by atoms with E-state index in [1.807, 2.05) is 44.9 Å². The van der Waals surface area contributed by atoms with Crippen LogP contribution in [0.2, 0.25) is 0 Å². The zero-order valence-electron chi connectivity index (χ0n) is 11.2. The van der Waals surface area contributed by atoms with Crippen LogP contribution in [0.5, 0.6) is 0 Å². The summed E-state index contributed by atoms with van der Waals surface area (Å²) in [6.45, 7) is 6.00. The molecule has 0 spiro atoms. The SMILES string of the molecule is Cc1nc2cc(N(C)C(C)(C)CO)c(N)cc2s1. The number of hydrogen-bond donors (Lipinski definition) is 2. The fourth-order valence-electron chi connectivity index (χ4n) is 1.82. The molecule has 0 atom stereocenters. The average molecular weight is 265 g/mol. The quantitative estimate of drug-likeness (QED) is 0.837. The van der Waals surface area contributed by atoms with Crippen molar-refractivity contribution < 1.29 is 5.11 Å². The van der Waals surface area contributed by atoms with Crippen molar-refractivity contribution in [2.24, 2.45) is 0 Å². The van der Waals surface area contributed by atoms with Crippen LogP contribution in [0.4, 0.5) is 11.4 Å². The van der Waals surface area contributed by atoms with E-state index in [4.69, 9.17) is 5.73 Å². The number of rotatable bonds is 3. The Kier molecular flexibility index (Phi) is 3.21. The van der Waals surface area contributed by atoms with E-state index in [1.165, 1.54) is 0 Å². The van der Waals surface area contributed by atoms with Gasteiger partial charge in [0, 0.05) is 7.05 Å². The summed E-state index contributed by atoms with van der Waals surface area (Å²) in [5.74, 6) is 0. The van der Waals surface area contributed by atoms with Gasteiger partial charge in [0.1, 0.15) is 0 Å². The van der Waals surface area contributed by atoms with Gasteiger partial charge >= 0.3 is 0 Å². The highest BCUT2D eigenvalue weighted by atomic mass is 32.1. The highest BCUT2D eigenvalue weighted by molar-refractivity contribution is 7.18. The lowest BCUT2D eigenvalue weighted by atomic mass is 10.0. The first kappa shape index (κ1) is 13.1. The van der Waals surface area contributed by atoms with Gasteiger partial charge < -0.3 is 15.7 Å². The highest BCUT2D eigenvalue weighted by Crippen LogP contribution is 2.34. The molecule has 1 heterocycles. The number of likely N-dealkylation sites (N-methyl/N-ethyl adjacent to an activating group) is 1. The summed E-state index contributed by atoms with van der Waals surface area (Å²) in [5.41, 5.74) is 8.34. The zero-order valence-corrected chi connectivity index (χ0v) is 12.0. The molecular weight excluding hydrogens is 246 g/mol. The molecule has 2 aromatic rings. The average Bonchev–Trinajstić information content (AvgIpc) is 2.66. The van der Waals surface area contributed by atoms with E-state index in [0.29, 0.717) is 0 Å². The van der Waals surface area contributed by atoms with Crippen LogP contribution in [-0.4, -0.2) is 29.3 Å². The van der Waals surface area contributed by atoms with Gasteiger partial charge in [-0.3, -0.25) is 0 Å². The lowest BCUT2D eigenvalue weighted by Gasteiger charge is -2.36. The van der Waals surface area contributed by atoms with E-state index < -0.39 is 0 Å². The number of aliphatic hydroxyl groups is 1. The van der Waals surface area contributed by atoms with Crippen LogP contribution in [0.25, 0.3) is 10.2 Å². The molecule has 2 rings (SSSR count). The molecule has 0 radical (unpaired) electrons. The molecule has 0 aliphatic heterocycles. The van der Waals surface area contributed by atoms with E-state index >= 15 is 0 Å². The van der Waals surface area contributed by atoms with Crippen molar-refractivity contribution in [1.82, 2.24) is 4.98 Å². The molecule has 0 unspecified atom stereocenters. The Morgan fingerprint density at radius 2 is 2.11 bits per heavy atom. The fourth-order valence-corrected chi connectivity index (χ4v) is 2.67. The predicted molar refractivity (Wildman–Crippen MR) is 78.3 cm³/mol. The monoisotopic (exact) mass is 265 g/mol. The highest BCUT2D eigenvalue weighted by Gasteiger charge is 2.24. The maximum Gasteiger partial charge on any atom is 0.0907 e. The smallest absolute Gasteiger partial charge is 0.0907 e. The Balaban J connectivity index is 2.53. The minimum Gasteiger partial charge on any atom is -0.397 e. The van der Waals surface area contributed by atoms with E-state index in [1.54, 1.807) is 11.3 Å². The number of thiazole rings is 1. The molecule has 0 bridgehead atoms. The minimum absolute atomic E-state index is 0.0665. The molecule has 0 aliphatic rings. The molecular formula is C13H19N3OS. The van der Waals surface area contributed by atoms with Crippen LogP contribution in [-0.2, 0) is 0 Å². The molecule has 0 amide bonds. The summed E-state index contributed by atoms with van der Waals surface area (Å²) in [6, 6.07) is 3.95. The van der Waals surface area contributed by atoms with Crippen molar-refractivity contribution in [1.29, 1.82) is 0 Å². The molecule has 4 nitrogen and oxygen atoms in total. The second kappa shape index (κ2) is 4.40. The third-order valence-electron chi connectivity index (χ3n) is 3.30. The van der Waals surface area contributed by atoms with Crippen molar-refractivity contribution in [3.8, 4) is 0 Å². The van der Waals surface area contributed by atoms with E-state index in [9.17, 15) is 5.11 Å². The number of benzene rings is 1. The van der Waals surface area contributed by atoms with Crippen LogP contribution in [0.15, 0.2) is 12.1 Å². The van der Waals surface area contributed by atoms with Crippen LogP contribution in [0.1, 0.15) is 18.9 Å². The van der Waals surface area contributed by atoms with Crippen LogP contribution >= 0.6 is 11.3 Å². The van der Waals surface area contributed by atoms with Crippen molar-refractivity contribution >= 4 is 32.9 Å². The second-order valence-corrected chi connectivity index (χ2v) is 6.38. The summed E-state index contributed by atoms with van der Waals surface area (Å²) in [5, 5.41) is 10.5. The number of hydrogen-bond acceptors (Lipinski definition) is 5. The summed E-state index contributed by atoms with van der Waals surface area (Å²) in [4.78, 5) is 6.48. The first-order valence-corrected chi connectivity index (χ1v) is 6.68. The van der Waals surface area contributed by atoms with Crippen molar-refractivity contribution in [2.75, 3.05) is 24.3 Å². The number of nitrogen functional groups attached to an aromatic ring is 1. The predicted octanol–water partition coefficient (Wildman–Crippen LogP) is 2.39. The summed E-state index contributed by atoms with van der Waals surface area (Å²) >= 11 is 1.64. The summed E-state index contributed by atoms with van der Waals surface area (Å²) < 4.78 is 1.10. The largest absolute Gasteiger partial charge is 0.397 e. The van der Waals surface area contributed by atoms with Crippen molar-refractivity contribution in [2.45, 2.75) is 26.3 Å². The van der Waals surface area contributed by atoms with Gasteiger partial charge in [0.25, 0.3) is 0 Å². The molecule has 3 N–H and O–H groups in total. The summed E-state index contributed by atoms with van der Waals surface area (Å²) in [7, 11) is 1.94. The lowest BCUT2D eigenvalue weighted by Crippen LogP contribution is -2.44. The van der Waals surface area contributed by atoms with Gasteiger partial charge in [-0.25, -0.2) is 4.98 Å². The van der Waals surface area contributed by atoms with Gasteiger partial charge in [-0.15, -0.1) is 11.3 Å². The Hall–Kier alpha value is -1.33. The van der Waals surface area contributed by atoms with Gasteiger partial charge in [-0.2, -0.15) is 0 Å². The Morgan fingerprint density at radius 3 is 2.72 bits per heavy atom. The van der Waals surface area contributed by atoms with E-state index in [-0.39, 0.29) is 12.1 Å². The maximum absolute atomic E-state index is 9.44. The summed E-state index contributed by atoms with van der Waals surface area (Å²) in [6.07, 6.45) is 0. The van der Waals surface area contributed by atoms with Gasteiger partial charge in [-0.05, 0) is 32.9 Å². The second-order valence-electron chi connectivity index (χ2n) is 5.14. The third-order valence-corrected chi connectivity index (χ3v) is 4.23. The number of nitrogens with two attached hydrogens (primary N) is 1. The number of fused-ring (bicyclic) bond motifs is 1. The third kappa shape index (κ3) is 2.15. The van der Waals surface area contributed by atoms with Crippen LogP contribution in [0, 0.1) is 6.92 Å². The number of aryl methyl sites for hydroxylation is 1. The first-order valence-electron chi connectivity index (χ1n) is 5.86. The molecule has 98 valence electrons. The fraction of sp³-hybridized carbons (Fsp3) is 0.462. The Labute approximate surface area is 111 Å².